The standard InChI is InChI=1S/C31H47ClN8O10/c1-17(2)7-5-4-6-8-21-28(47)40-24(9-18(32)12-33-40)29(48)39-23(11-20(43)14-35-39)27(46)37-31(3,16-41)30(49)50-15-25(44)38-22(26(45)36-21)10-19(42)13-34-38/h4-7,17-24,33-35,41-43H,8-16H2,1-3H3,(H,36,45)(H,37,46)/b6-4+,7-5+/t18-,19+,20-,21-,22+,23-,24+,31-/m0/s1. The number of hydrogen-bond donors (Lipinski definition) is 8. The van der Waals surface area contributed by atoms with Crippen molar-refractivity contribution in [3.05, 3.63) is 24.3 Å². The zero-order valence-corrected chi connectivity index (χ0v) is 29.0. The molecular formula is C31H47ClN8O10. The maximum Gasteiger partial charge on any atom is 0.334 e. The summed E-state index contributed by atoms with van der Waals surface area (Å²) >= 11 is 6.46. The van der Waals surface area contributed by atoms with E-state index >= 15 is 0 Å². The van der Waals surface area contributed by atoms with Gasteiger partial charge in [-0.25, -0.2) is 21.1 Å². The van der Waals surface area contributed by atoms with Crippen LogP contribution >= 0.6 is 11.6 Å². The highest BCUT2D eigenvalue weighted by molar-refractivity contribution is 6.21. The summed E-state index contributed by atoms with van der Waals surface area (Å²) in [6.07, 6.45) is 4.36. The summed E-state index contributed by atoms with van der Waals surface area (Å²) in [6, 6.07) is -5.36. The van der Waals surface area contributed by atoms with Gasteiger partial charge < -0.3 is 30.7 Å². The Bertz CT molecular complexity index is 1370. The number of hydrazine groups is 3. The van der Waals surface area contributed by atoms with Gasteiger partial charge >= 0.3 is 5.97 Å². The molecule has 0 aromatic carbocycles. The van der Waals surface area contributed by atoms with Crippen LogP contribution in [0, 0.1) is 5.92 Å². The van der Waals surface area contributed by atoms with E-state index in [0.717, 1.165) is 22.0 Å². The van der Waals surface area contributed by atoms with E-state index in [1.165, 1.54) is 0 Å². The largest absolute Gasteiger partial charge is 0.454 e. The maximum atomic E-state index is 14.3. The zero-order chi connectivity index (χ0) is 36.7. The zero-order valence-electron chi connectivity index (χ0n) is 28.2. The molecule has 50 heavy (non-hydrogen) atoms. The van der Waals surface area contributed by atoms with Gasteiger partial charge in [0.1, 0.15) is 24.2 Å². The Morgan fingerprint density at radius 3 is 2.10 bits per heavy atom. The second-order valence-corrected chi connectivity index (χ2v) is 14.0. The van der Waals surface area contributed by atoms with Gasteiger partial charge in [0.15, 0.2) is 12.1 Å². The average molecular weight is 727 g/mol. The predicted molar refractivity (Wildman–Crippen MR) is 176 cm³/mol. The fourth-order valence-corrected chi connectivity index (χ4v) is 6.15. The Kier molecular flexibility index (Phi) is 13.3. The number of aliphatic hydroxyl groups is 3. The molecule has 8 N–H and O–H groups in total. The van der Waals surface area contributed by atoms with Crippen LogP contribution in [0.15, 0.2) is 24.3 Å². The molecule has 4 aliphatic heterocycles. The highest BCUT2D eigenvalue weighted by Gasteiger charge is 2.48. The van der Waals surface area contributed by atoms with Crippen LogP contribution in [0.25, 0.3) is 0 Å². The number of fused-ring (bicyclic) bond motifs is 3. The SMILES string of the molecule is CC(C)/C=C/C=C/C[C@@H]1NC(=O)[C@H]2C[C@@H](O)CNN2C(=O)COC(=O)[C@](C)(CO)NC(=O)[C@@H]2C[C@H](O)CNN2C(=O)[C@H]2C[C@H](Cl)CNN2C1=O. The van der Waals surface area contributed by atoms with Gasteiger partial charge in [0.25, 0.3) is 17.7 Å². The molecule has 4 saturated heterocycles. The van der Waals surface area contributed by atoms with Gasteiger partial charge in [-0.15, -0.1) is 11.6 Å². The quantitative estimate of drug-likeness (QED) is 0.0788. The summed E-state index contributed by atoms with van der Waals surface area (Å²) < 4.78 is 5.17. The molecule has 19 heteroatoms. The fourth-order valence-electron chi connectivity index (χ4n) is 5.91. The van der Waals surface area contributed by atoms with Gasteiger partial charge in [0.2, 0.25) is 11.8 Å². The Morgan fingerprint density at radius 1 is 0.860 bits per heavy atom. The number of alkyl halides is 1. The number of amides is 5. The maximum absolute atomic E-state index is 14.3. The van der Waals surface area contributed by atoms with Crippen molar-refractivity contribution in [2.75, 3.05) is 32.8 Å². The Balaban J connectivity index is 1.77. The number of esters is 1. The number of halogens is 1. The molecule has 5 amide bonds. The highest BCUT2D eigenvalue weighted by atomic mass is 35.5. The number of hydrogen-bond acceptors (Lipinski definition) is 13. The summed E-state index contributed by atoms with van der Waals surface area (Å²) in [5, 5.41) is 38.3. The molecule has 4 rings (SSSR count). The third-order valence-corrected chi connectivity index (χ3v) is 9.07. The van der Waals surface area contributed by atoms with E-state index in [0.29, 0.717) is 0 Å². The first-order chi connectivity index (χ1) is 23.6. The smallest absolute Gasteiger partial charge is 0.334 e. The highest BCUT2D eigenvalue weighted by Crippen LogP contribution is 2.23. The van der Waals surface area contributed by atoms with Crippen molar-refractivity contribution >= 4 is 47.1 Å². The summed E-state index contributed by atoms with van der Waals surface area (Å²) in [7, 11) is 0. The number of aliphatic hydroxyl groups excluding tert-OH is 3. The summed E-state index contributed by atoms with van der Waals surface area (Å²) in [6.45, 7) is 3.09. The van der Waals surface area contributed by atoms with E-state index in [1.54, 1.807) is 18.2 Å². The van der Waals surface area contributed by atoms with Gasteiger partial charge in [0.05, 0.1) is 24.2 Å². The van der Waals surface area contributed by atoms with Gasteiger partial charge in [-0.2, -0.15) is 0 Å². The minimum Gasteiger partial charge on any atom is -0.454 e. The van der Waals surface area contributed by atoms with E-state index in [-0.39, 0.29) is 51.2 Å². The van der Waals surface area contributed by atoms with Crippen LogP contribution in [-0.2, 0) is 33.5 Å². The third-order valence-electron chi connectivity index (χ3n) is 8.74. The number of nitrogens with zero attached hydrogens (tertiary/aromatic N) is 3. The Hall–Kier alpha value is -3.65. The molecule has 0 radical (unpaired) electrons. The van der Waals surface area contributed by atoms with Crippen molar-refractivity contribution in [2.45, 2.75) is 93.7 Å². The van der Waals surface area contributed by atoms with Gasteiger partial charge in [0, 0.05) is 32.5 Å². The van der Waals surface area contributed by atoms with Gasteiger partial charge in [-0.1, -0.05) is 38.2 Å². The number of rotatable bonds is 5. The number of cyclic esters (lactones) is 1. The van der Waals surface area contributed by atoms with Crippen LogP contribution in [0.5, 0.6) is 0 Å². The number of carbonyl (C=O) groups excluding carboxylic acids is 6. The van der Waals surface area contributed by atoms with Crippen molar-refractivity contribution in [1.29, 1.82) is 0 Å². The van der Waals surface area contributed by atoms with Crippen LogP contribution in [0.4, 0.5) is 0 Å². The number of allylic oxidation sites excluding steroid dienone is 3. The van der Waals surface area contributed by atoms with Crippen molar-refractivity contribution < 1.29 is 48.8 Å². The van der Waals surface area contributed by atoms with Crippen molar-refractivity contribution in [2.24, 2.45) is 5.92 Å². The van der Waals surface area contributed by atoms with Crippen molar-refractivity contribution in [3.63, 3.8) is 0 Å². The second kappa shape index (κ2) is 17.0. The minimum atomic E-state index is -2.09. The van der Waals surface area contributed by atoms with Gasteiger partial charge in [-0.05, 0) is 25.7 Å². The Morgan fingerprint density at radius 2 is 1.46 bits per heavy atom. The molecule has 0 aliphatic carbocycles. The molecule has 0 bridgehead atoms. The molecule has 0 unspecified atom stereocenters. The lowest BCUT2D eigenvalue weighted by molar-refractivity contribution is -0.167. The molecule has 4 aliphatic rings. The van der Waals surface area contributed by atoms with Gasteiger partial charge in [-0.3, -0.25) is 39.0 Å². The fraction of sp³-hybridized carbons (Fsp3) is 0.677. The predicted octanol–water partition coefficient (Wildman–Crippen LogP) is -3.30. The molecule has 4 fully saturated rings. The number of ether oxygens (including phenoxy) is 1. The van der Waals surface area contributed by atoms with Crippen LogP contribution in [0.3, 0.4) is 0 Å². The lowest BCUT2D eigenvalue weighted by Gasteiger charge is -2.44. The summed E-state index contributed by atoms with van der Waals surface area (Å²) in [4.78, 5) is 82.4. The number of nitrogens with one attached hydrogen (secondary N) is 5. The summed E-state index contributed by atoms with van der Waals surface area (Å²) in [5.41, 5.74) is 6.15. The molecule has 0 aromatic heterocycles. The first-order valence-electron chi connectivity index (χ1n) is 16.6. The lowest BCUT2D eigenvalue weighted by Crippen LogP contribution is -2.71. The van der Waals surface area contributed by atoms with Crippen LogP contribution in [0.2, 0.25) is 0 Å². The normalized spacial score (nSPS) is 34.2. The molecule has 278 valence electrons. The minimum absolute atomic E-state index is 0.0381. The second-order valence-electron chi connectivity index (χ2n) is 13.3. The lowest BCUT2D eigenvalue weighted by atomic mass is 9.98. The molecular weight excluding hydrogens is 680 g/mol. The first kappa shape index (κ1) is 39.1. The topological polar surface area (TPSA) is 242 Å². The van der Waals surface area contributed by atoms with E-state index in [4.69, 9.17) is 16.3 Å². The first-order valence-corrected chi connectivity index (χ1v) is 17.0. The molecule has 8 atom stereocenters. The monoisotopic (exact) mass is 726 g/mol. The summed E-state index contributed by atoms with van der Waals surface area (Å²) in [5.74, 6) is -5.07. The van der Waals surface area contributed by atoms with Crippen molar-refractivity contribution in [1.82, 2.24) is 41.9 Å². The van der Waals surface area contributed by atoms with Crippen LogP contribution < -0.4 is 26.9 Å². The molecule has 4 heterocycles. The number of β-amino-alcohol motifs (C(OH)–C–C–N with tert-alkyl or cyclic N) is 2. The van der Waals surface area contributed by atoms with Crippen LogP contribution in [0.1, 0.15) is 46.5 Å². The molecule has 0 aromatic rings. The molecule has 0 saturated carbocycles. The van der Waals surface area contributed by atoms with Crippen molar-refractivity contribution in [3.8, 4) is 0 Å². The van der Waals surface area contributed by atoms with E-state index in [1.807, 2.05) is 19.9 Å². The van der Waals surface area contributed by atoms with E-state index in [2.05, 4.69) is 26.9 Å². The third kappa shape index (κ3) is 9.36. The molecule has 0 spiro atoms. The Labute approximate surface area is 294 Å². The number of carbonyl (C=O) groups is 6. The van der Waals surface area contributed by atoms with Crippen LogP contribution in [-0.4, -0.2) is 146 Å². The molecule has 18 nitrogen and oxygen atoms in total. The van der Waals surface area contributed by atoms with E-state index < -0.39 is 96.0 Å². The average Bonchev–Trinajstić information content (AvgIpc) is 3.08. The van der Waals surface area contributed by atoms with E-state index in [9.17, 15) is 44.1 Å².